The van der Waals surface area contributed by atoms with E-state index in [0.29, 0.717) is 0 Å². The Morgan fingerprint density at radius 1 is 1.38 bits per heavy atom. The molecule has 1 aromatic carbocycles. The molecule has 0 spiro atoms. The summed E-state index contributed by atoms with van der Waals surface area (Å²) in [6.07, 6.45) is 3.81. The third kappa shape index (κ3) is 2.78. The van der Waals surface area contributed by atoms with E-state index in [1.807, 2.05) is 11.6 Å². The van der Waals surface area contributed by atoms with Crippen molar-refractivity contribution in [1.29, 1.82) is 0 Å². The summed E-state index contributed by atoms with van der Waals surface area (Å²) in [4.78, 5) is 6.79. The van der Waals surface area contributed by atoms with Gasteiger partial charge in [0, 0.05) is 24.8 Å². The number of hydrogen-bond donors (Lipinski definition) is 1. The number of aryl methyl sites for hydroxylation is 1. The minimum Gasteiger partial charge on any atom is -0.363 e. The number of anilines is 1. The molecule has 21 heavy (non-hydrogen) atoms. The minimum absolute atomic E-state index is 0.0944. The molecule has 0 saturated carbocycles. The van der Waals surface area contributed by atoms with E-state index < -0.39 is 0 Å². The molecule has 1 atom stereocenters. The fraction of sp³-hybridized carbons (Fsp3) is 0.500. The molecule has 1 aromatic heterocycles. The van der Waals surface area contributed by atoms with Crippen molar-refractivity contribution in [3.05, 3.63) is 41.5 Å². The average Bonchev–Trinajstić information content (AvgIpc) is 3.07. The molecule has 0 saturated heterocycles. The zero-order chi connectivity index (χ0) is 14.8. The van der Waals surface area contributed by atoms with Gasteiger partial charge in [0.05, 0.1) is 6.54 Å². The number of hydrogen-bond acceptors (Lipinski definition) is 4. The van der Waals surface area contributed by atoms with E-state index >= 15 is 0 Å². The molecule has 3 rings (SSSR count). The Morgan fingerprint density at radius 2 is 2.24 bits per heavy atom. The van der Waals surface area contributed by atoms with Gasteiger partial charge in [-0.05, 0) is 37.0 Å². The molecule has 5 heteroatoms. The smallest absolute Gasteiger partial charge is 0.146 e. The van der Waals surface area contributed by atoms with Gasteiger partial charge in [0.25, 0.3) is 0 Å². The molecule has 1 aliphatic rings. The topological polar surface area (TPSA) is 60.0 Å². The van der Waals surface area contributed by atoms with Crippen LogP contribution in [0.15, 0.2) is 24.5 Å². The average molecular weight is 285 g/mol. The number of aromatic nitrogens is 3. The van der Waals surface area contributed by atoms with Crippen molar-refractivity contribution < 1.29 is 0 Å². The van der Waals surface area contributed by atoms with E-state index in [4.69, 9.17) is 5.73 Å². The summed E-state index contributed by atoms with van der Waals surface area (Å²) >= 11 is 0. The Kier molecular flexibility index (Phi) is 3.92. The van der Waals surface area contributed by atoms with Crippen LogP contribution in [0.4, 0.5) is 5.69 Å². The van der Waals surface area contributed by atoms with Gasteiger partial charge in [-0.3, -0.25) is 0 Å². The normalized spacial score (nSPS) is 15.3. The summed E-state index contributed by atoms with van der Waals surface area (Å²) in [5.74, 6) is 1.04. The first kappa shape index (κ1) is 14.1. The second-order valence-electron chi connectivity index (χ2n) is 5.75. The van der Waals surface area contributed by atoms with Gasteiger partial charge in [0.1, 0.15) is 12.2 Å². The third-order valence-corrected chi connectivity index (χ3v) is 4.08. The highest BCUT2D eigenvalue weighted by Gasteiger charge is 2.21. The van der Waals surface area contributed by atoms with E-state index in [2.05, 4.69) is 40.1 Å². The molecule has 2 heterocycles. The number of rotatable bonds is 5. The lowest BCUT2D eigenvalue weighted by Gasteiger charge is -2.19. The van der Waals surface area contributed by atoms with Crippen molar-refractivity contribution in [3.8, 4) is 0 Å². The summed E-state index contributed by atoms with van der Waals surface area (Å²) in [6, 6.07) is 6.67. The monoisotopic (exact) mass is 285 g/mol. The van der Waals surface area contributed by atoms with E-state index in [-0.39, 0.29) is 6.04 Å². The van der Waals surface area contributed by atoms with Crippen molar-refractivity contribution in [3.63, 3.8) is 0 Å². The molecule has 5 nitrogen and oxygen atoms in total. The van der Waals surface area contributed by atoms with Crippen LogP contribution in [0.25, 0.3) is 0 Å². The Labute approximate surface area is 125 Å². The first-order valence-corrected chi connectivity index (χ1v) is 7.69. The van der Waals surface area contributed by atoms with Crippen LogP contribution in [0, 0.1) is 0 Å². The molecule has 0 amide bonds. The summed E-state index contributed by atoms with van der Waals surface area (Å²) in [5, 5.41) is 4.30. The summed E-state index contributed by atoms with van der Waals surface area (Å²) in [7, 11) is 0. The second kappa shape index (κ2) is 5.85. The van der Waals surface area contributed by atoms with E-state index in [1.54, 1.807) is 6.33 Å². The van der Waals surface area contributed by atoms with Gasteiger partial charge >= 0.3 is 0 Å². The Bertz CT molecular complexity index is 617. The predicted molar refractivity (Wildman–Crippen MR) is 84.1 cm³/mol. The molecule has 0 radical (unpaired) electrons. The number of benzene rings is 1. The van der Waals surface area contributed by atoms with Crippen molar-refractivity contribution >= 4 is 5.69 Å². The maximum atomic E-state index is 5.97. The highest BCUT2D eigenvalue weighted by Crippen LogP contribution is 2.31. The molecule has 2 aromatic rings. The largest absolute Gasteiger partial charge is 0.363 e. The zero-order valence-corrected chi connectivity index (χ0v) is 12.8. The van der Waals surface area contributed by atoms with Crippen LogP contribution >= 0.6 is 0 Å². The van der Waals surface area contributed by atoms with Crippen LogP contribution in [0.3, 0.4) is 0 Å². The first-order valence-electron chi connectivity index (χ1n) is 7.69. The van der Waals surface area contributed by atoms with E-state index in [1.165, 1.54) is 16.8 Å². The summed E-state index contributed by atoms with van der Waals surface area (Å²) in [6.45, 7) is 6.98. The minimum atomic E-state index is 0.0944. The van der Waals surface area contributed by atoms with Crippen molar-refractivity contribution in [2.24, 2.45) is 5.73 Å². The van der Waals surface area contributed by atoms with Gasteiger partial charge < -0.3 is 10.6 Å². The van der Waals surface area contributed by atoms with Gasteiger partial charge in [0.2, 0.25) is 0 Å². The fourth-order valence-corrected chi connectivity index (χ4v) is 2.92. The molecule has 0 aliphatic carbocycles. The fourth-order valence-electron chi connectivity index (χ4n) is 2.92. The Hall–Kier alpha value is -1.88. The quantitative estimate of drug-likeness (QED) is 0.915. The van der Waals surface area contributed by atoms with Crippen molar-refractivity contribution in [2.75, 3.05) is 11.4 Å². The Morgan fingerprint density at radius 3 is 3.00 bits per heavy atom. The Balaban J connectivity index is 1.79. The molecule has 2 N–H and O–H groups in total. The lowest BCUT2D eigenvalue weighted by atomic mass is 10.0. The number of fused-ring (bicyclic) bond motifs is 1. The third-order valence-electron chi connectivity index (χ3n) is 4.08. The molecule has 0 bridgehead atoms. The van der Waals surface area contributed by atoms with E-state index in [9.17, 15) is 0 Å². The molecule has 112 valence electrons. The lowest BCUT2D eigenvalue weighted by Crippen LogP contribution is -2.22. The van der Waals surface area contributed by atoms with Crippen LogP contribution in [0.5, 0.6) is 0 Å². The van der Waals surface area contributed by atoms with Crippen LogP contribution in [-0.4, -0.2) is 21.3 Å². The standard InChI is InChI=1S/C16H23N5/c1-3-7-21-16(18-11-19-21)10-20-8-6-14-9-13(12(2)17)4-5-15(14)20/h4-5,9,11-12H,3,6-8,10,17H2,1-2H3. The van der Waals surface area contributed by atoms with Crippen molar-refractivity contribution in [1.82, 2.24) is 14.8 Å². The van der Waals surface area contributed by atoms with Gasteiger partial charge in [-0.25, -0.2) is 9.67 Å². The summed E-state index contributed by atoms with van der Waals surface area (Å²) < 4.78 is 2.01. The molecule has 1 unspecified atom stereocenters. The maximum absolute atomic E-state index is 5.97. The summed E-state index contributed by atoms with van der Waals surface area (Å²) in [5.41, 5.74) is 9.89. The van der Waals surface area contributed by atoms with Gasteiger partial charge in [-0.2, -0.15) is 5.10 Å². The predicted octanol–water partition coefficient (Wildman–Crippen LogP) is 2.27. The first-order chi connectivity index (χ1) is 10.2. The molecular formula is C16H23N5. The lowest BCUT2D eigenvalue weighted by molar-refractivity contribution is 0.563. The molecule has 1 aliphatic heterocycles. The number of nitrogens with zero attached hydrogens (tertiary/aromatic N) is 4. The molecular weight excluding hydrogens is 262 g/mol. The van der Waals surface area contributed by atoms with Gasteiger partial charge in [-0.15, -0.1) is 0 Å². The van der Waals surface area contributed by atoms with Crippen LogP contribution in [0.1, 0.15) is 43.3 Å². The van der Waals surface area contributed by atoms with Crippen LogP contribution in [-0.2, 0) is 19.5 Å². The number of nitrogens with two attached hydrogens (primary N) is 1. The highest BCUT2D eigenvalue weighted by atomic mass is 15.3. The van der Waals surface area contributed by atoms with Crippen LogP contribution in [0.2, 0.25) is 0 Å². The van der Waals surface area contributed by atoms with Gasteiger partial charge in [-0.1, -0.05) is 19.1 Å². The van der Waals surface area contributed by atoms with Crippen molar-refractivity contribution in [2.45, 2.75) is 45.8 Å². The highest BCUT2D eigenvalue weighted by molar-refractivity contribution is 5.59. The van der Waals surface area contributed by atoms with Gasteiger partial charge in [0.15, 0.2) is 0 Å². The second-order valence-corrected chi connectivity index (χ2v) is 5.75. The van der Waals surface area contributed by atoms with E-state index in [0.717, 1.165) is 38.3 Å². The molecule has 0 fully saturated rings. The SMILES string of the molecule is CCCn1ncnc1CN1CCc2cc(C(C)N)ccc21. The zero-order valence-electron chi connectivity index (χ0n) is 12.8. The van der Waals surface area contributed by atoms with Crippen LogP contribution < -0.4 is 10.6 Å². The maximum Gasteiger partial charge on any atom is 0.146 e.